The van der Waals surface area contributed by atoms with Crippen molar-refractivity contribution < 1.29 is 0 Å². The minimum Gasteiger partial charge on any atom is -0.356 e. The average molecular weight is 531 g/mol. The van der Waals surface area contributed by atoms with Gasteiger partial charge in [0.05, 0.1) is 11.2 Å². The minimum absolute atomic E-state index is 0.00929. The van der Waals surface area contributed by atoms with Gasteiger partial charge in [-0.25, -0.2) is 0 Å². The molecule has 0 fully saturated rings. The van der Waals surface area contributed by atoms with Crippen LogP contribution < -0.4 is 5.32 Å². The Bertz CT molecular complexity index is 1910. The number of nitrogens with zero attached hydrogens (tertiary/aromatic N) is 1. The number of hydrogen-bond acceptors (Lipinski definition) is 1. The lowest BCUT2D eigenvalue weighted by Crippen LogP contribution is -2.15. The smallest absolute Gasteiger partial charge is 0.0541 e. The van der Waals surface area contributed by atoms with Crippen LogP contribution in [0.25, 0.3) is 51.0 Å². The lowest BCUT2D eigenvalue weighted by molar-refractivity contribution is 0.660. The van der Waals surface area contributed by atoms with E-state index in [1.54, 1.807) is 0 Å². The van der Waals surface area contributed by atoms with Crippen molar-refractivity contribution in [2.24, 2.45) is 0 Å². The molecule has 5 aromatic rings. The zero-order valence-corrected chi connectivity index (χ0v) is 23.7. The SMILES string of the molecule is C=Cc1c(C=C)n(C2=CCCC=C2)c2ccc(-c3ccc(Nc4ccc5c(c4)C(C)(C)c4ccccc4-5)cc3)cc12. The van der Waals surface area contributed by atoms with Crippen LogP contribution in [0, 0.1) is 0 Å². The standard InChI is InChI=1S/C39H34N2/c1-5-31-34-24-27(18-23-38(34)41(37(31)6-2)30-12-8-7-9-13-30)26-16-19-28(20-17-26)40-29-21-22-33-32-14-10-11-15-35(32)39(3,4)36(33)25-29/h5-6,8,10-25,40H,1-2,7,9H2,3-4H3. The van der Waals surface area contributed by atoms with E-state index in [-0.39, 0.29) is 5.41 Å². The van der Waals surface area contributed by atoms with E-state index < -0.39 is 0 Å². The Balaban J connectivity index is 1.19. The highest BCUT2D eigenvalue weighted by atomic mass is 15.0. The minimum atomic E-state index is -0.00929. The van der Waals surface area contributed by atoms with Crippen LogP contribution in [0.1, 0.15) is 49.1 Å². The van der Waals surface area contributed by atoms with Gasteiger partial charge in [-0.2, -0.15) is 0 Å². The normalized spacial score (nSPS) is 14.8. The maximum atomic E-state index is 4.14. The zero-order valence-electron chi connectivity index (χ0n) is 23.7. The summed E-state index contributed by atoms with van der Waals surface area (Å²) in [5, 5.41) is 4.83. The van der Waals surface area contributed by atoms with E-state index in [1.807, 2.05) is 12.2 Å². The predicted molar refractivity (Wildman–Crippen MR) is 177 cm³/mol. The molecule has 0 aliphatic heterocycles. The summed E-state index contributed by atoms with van der Waals surface area (Å²) < 4.78 is 2.31. The molecule has 4 aromatic carbocycles. The van der Waals surface area contributed by atoms with Gasteiger partial charge in [-0.3, -0.25) is 0 Å². The number of nitrogens with one attached hydrogen (secondary N) is 1. The Morgan fingerprint density at radius 2 is 1.51 bits per heavy atom. The Morgan fingerprint density at radius 1 is 0.756 bits per heavy atom. The monoisotopic (exact) mass is 530 g/mol. The fourth-order valence-electron chi connectivity index (χ4n) is 6.67. The van der Waals surface area contributed by atoms with Gasteiger partial charge < -0.3 is 9.88 Å². The fourth-order valence-corrected chi connectivity index (χ4v) is 6.67. The van der Waals surface area contributed by atoms with Gasteiger partial charge in [-0.1, -0.05) is 93.8 Å². The summed E-state index contributed by atoms with van der Waals surface area (Å²) in [6.07, 6.45) is 12.8. The quantitative estimate of drug-likeness (QED) is 0.231. The van der Waals surface area contributed by atoms with Crippen LogP contribution in [0.5, 0.6) is 0 Å². The summed E-state index contributed by atoms with van der Waals surface area (Å²) in [7, 11) is 0. The second-order valence-corrected chi connectivity index (χ2v) is 11.5. The molecule has 0 spiro atoms. The molecule has 0 amide bonds. The van der Waals surface area contributed by atoms with Crippen LogP contribution in [0.15, 0.2) is 116 Å². The highest BCUT2D eigenvalue weighted by molar-refractivity contribution is 5.99. The molecule has 0 unspecified atom stereocenters. The Hall–Kier alpha value is -4.82. The first-order valence-corrected chi connectivity index (χ1v) is 14.4. The van der Waals surface area contributed by atoms with E-state index in [4.69, 9.17) is 0 Å². The molecule has 2 nitrogen and oxygen atoms in total. The van der Waals surface area contributed by atoms with Crippen molar-refractivity contribution in [3.05, 3.63) is 139 Å². The topological polar surface area (TPSA) is 17.0 Å². The van der Waals surface area contributed by atoms with Gasteiger partial charge in [0.25, 0.3) is 0 Å². The van der Waals surface area contributed by atoms with E-state index in [1.165, 1.54) is 50.0 Å². The maximum absolute atomic E-state index is 4.14. The number of aromatic nitrogens is 1. The summed E-state index contributed by atoms with van der Waals surface area (Å²) in [5.41, 5.74) is 14.6. The molecule has 41 heavy (non-hydrogen) atoms. The van der Waals surface area contributed by atoms with E-state index >= 15 is 0 Å². The number of allylic oxidation sites excluding steroid dienone is 4. The molecule has 0 bridgehead atoms. The van der Waals surface area contributed by atoms with Crippen molar-refractivity contribution in [2.75, 3.05) is 5.32 Å². The number of hydrogen-bond donors (Lipinski definition) is 1. The molecule has 200 valence electrons. The first-order valence-electron chi connectivity index (χ1n) is 14.4. The summed E-state index contributed by atoms with van der Waals surface area (Å²) in [6, 6.07) is 31.0. The molecule has 7 rings (SSSR count). The third-order valence-electron chi connectivity index (χ3n) is 8.77. The van der Waals surface area contributed by atoms with Crippen molar-refractivity contribution in [2.45, 2.75) is 32.1 Å². The van der Waals surface area contributed by atoms with E-state index in [2.05, 4.69) is 140 Å². The maximum Gasteiger partial charge on any atom is 0.0541 e. The zero-order chi connectivity index (χ0) is 28.1. The van der Waals surface area contributed by atoms with Crippen LogP contribution in [-0.2, 0) is 5.41 Å². The fraction of sp³-hybridized carbons (Fsp3) is 0.128. The third kappa shape index (κ3) is 4.02. The lowest BCUT2D eigenvalue weighted by atomic mass is 9.82. The second kappa shape index (κ2) is 9.67. The highest BCUT2D eigenvalue weighted by Gasteiger charge is 2.35. The van der Waals surface area contributed by atoms with Crippen LogP contribution in [0.4, 0.5) is 11.4 Å². The summed E-state index contributed by atoms with van der Waals surface area (Å²) in [6.45, 7) is 12.9. The summed E-state index contributed by atoms with van der Waals surface area (Å²) in [4.78, 5) is 0. The molecule has 0 atom stereocenters. The largest absolute Gasteiger partial charge is 0.356 e. The molecule has 2 aliphatic carbocycles. The van der Waals surface area contributed by atoms with E-state index in [0.29, 0.717) is 0 Å². The van der Waals surface area contributed by atoms with Crippen LogP contribution in [0.3, 0.4) is 0 Å². The van der Waals surface area contributed by atoms with Gasteiger partial charge >= 0.3 is 0 Å². The van der Waals surface area contributed by atoms with Crippen molar-refractivity contribution >= 4 is 40.1 Å². The Morgan fingerprint density at radius 3 is 2.27 bits per heavy atom. The number of rotatable bonds is 6. The molecule has 1 N–H and O–H groups in total. The summed E-state index contributed by atoms with van der Waals surface area (Å²) in [5.74, 6) is 0. The second-order valence-electron chi connectivity index (χ2n) is 11.5. The first-order chi connectivity index (χ1) is 20.0. The van der Waals surface area contributed by atoms with Crippen molar-refractivity contribution in [1.82, 2.24) is 4.57 Å². The molecular formula is C39H34N2. The molecule has 2 aliphatic rings. The molecule has 1 heterocycles. The molecule has 0 radical (unpaired) electrons. The van der Waals surface area contributed by atoms with Crippen molar-refractivity contribution in [3.8, 4) is 22.3 Å². The first kappa shape index (κ1) is 25.2. The van der Waals surface area contributed by atoms with Gasteiger partial charge in [0.15, 0.2) is 0 Å². The molecule has 1 aromatic heterocycles. The number of anilines is 2. The average Bonchev–Trinajstić information content (AvgIpc) is 3.45. The third-order valence-corrected chi connectivity index (χ3v) is 8.77. The van der Waals surface area contributed by atoms with Gasteiger partial charge in [-0.15, -0.1) is 0 Å². The van der Waals surface area contributed by atoms with Crippen LogP contribution in [-0.4, -0.2) is 4.57 Å². The van der Waals surface area contributed by atoms with Crippen molar-refractivity contribution in [1.29, 1.82) is 0 Å². The highest BCUT2D eigenvalue weighted by Crippen LogP contribution is 2.49. The Kier molecular flexibility index (Phi) is 5.94. The van der Waals surface area contributed by atoms with E-state index in [0.717, 1.165) is 35.5 Å². The molecule has 0 saturated carbocycles. The lowest BCUT2D eigenvalue weighted by Gasteiger charge is -2.22. The van der Waals surface area contributed by atoms with Crippen molar-refractivity contribution in [3.63, 3.8) is 0 Å². The molecular weight excluding hydrogens is 496 g/mol. The van der Waals surface area contributed by atoms with E-state index in [9.17, 15) is 0 Å². The van der Waals surface area contributed by atoms with Crippen LogP contribution >= 0.6 is 0 Å². The van der Waals surface area contributed by atoms with Gasteiger partial charge in [0, 0.05) is 33.4 Å². The van der Waals surface area contributed by atoms with Gasteiger partial charge in [-0.05, 0) is 94.8 Å². The summed E-state index contributed by atoms with van der Waals surface area (Å²) >= 11 is 0. The molecule has 0 saturated heterocycles. The van der Waals surface area contributed by atoms with Gasteiger partial charge in [0.2, 0.25) is 0 Å². The van der Waals surface area contributed by atoms with Crippen LogP contribution in [0.2, 0.25) is 0 Å². The number of benzene rings is 4. The van der Waals surface area contributed by atoms with Gasteiger partial charge in [0.1, 0.15) is 0 Å². The number of fused-ring (bicyclic) bond motifs is 4. The predicted octanol–water partition coefficient (Wildman–Crippen LogP) is 10.8. The molecule has 2 heteroatoms. The Labute approximate surface area is 242 Å².